The Morgan fingerprint density at radius 1 is 0.927 bits per heavy atom. The molecule has 210 valence electrons. The van der Waals surface area contributed by atoms with Gasteiger partial charge in [-0.2, -0.15) is 0 Å². The highest BCUT2D eigenvalue weighted by molar-refractivity contribution is 8.00. The largest absolute Gasteiger partial charge is 0.378 e. The second-order valence-electron chi connectivity index (χ2n) is 9.42. The van der Waals surface area contributed by atoms with Crippen LogP contribution in [-0.4, -0.2) is 42.2 Å². The quantitative estimate of drug-likeness (QED) is 0.169. The number of anilines is 3. The van der Waals surface area contributed by atoms with Crippen LogP contribution in [0.3, 0.4) is 0 Å². The molecule has 0 spiro atoms. The number of nitrogens with one attached hydrogen (secondary N) is 3. The molecule has 1 heterocycles. The predicted molar refractivity (Wildman–Crippen MR) is 163 cm³/mol. The van der Waals surface area contributed by atoms with Gasteiger partial charge in [0.15, 0.2) is 5.82 Å². The van der Waals surface area contributed by atoms with Crippen molar-refractivity contribution < 1.29 is 18.9 Å². The van der Waals surface area contributed by atoms with Crippen LogP contribution in [0.1, 0.15) is 28.6 Å². The molecule has 0 bridgehead atoms. The number of aromatic nitrogens is 1. The van der Waals surface area contributed by atoms with Crippen LogP contribution in [0.25, 0.3) is 6.08 Å². The summed E-state index contributed by atoms with van der Waals surface area (Å²) >= 11 is 1.33. The van der Waals surface area contributed by atoms with Gasteiger partial charge >= 0.3 is 0 Å². The van der Waals surface area contributed by atoms with E-state index < -0.39 is 17.1 Å². The molecule has 0 radical (unpaired) electrons. The number of carbonyl (C=O) groups is 3. The van der Waals surface area contributed by atoms with Crippen LogP contribution >= 0.6 is 11.8 Å². The average molecular weight is 570 g/mol. The van der Waals surface area contributed by atoms with Gasteiger partial charge in [-0.25, -0.2) is 0 Å². The molecule has 0 aliphatic carbocycles. The van der Waals surface area contributed by atoms with Gasteiger partial charge in [-0.1, -0.05) is 41.6 Å². The van der Waals surface area contributed by atoms with E-state index in [2.05, 4.69) is 21.1 Å². The lowest BCUT2D eigenvalue weighted by atomic mass is 10.1. The number of carbonyl (C=O) groups excluding carboxylic acids is 3. The van der Waals surface area contributed by atoms with Gasteiger partial charge in [0.25, 0.3) is 11.8 Å². The van der Waals surface area contributed by atoms with Gasteiger partial charge in [0.05, 0.1) is 5.25 Å². The molecular formula is C31H31N5O4S. The molecule has 0 saturated heterocycles. The summed E-state index contributed by atoms with van der Waals surface area (Å²) in [5, 5.41) is 11.7. The molecule has 4 aromatic rings. The van der Waals surface area contributed by atoms with E-state index in [4.69, 9.17) is 4.52 Å². The Balaban J connectivity index is 1.49. The number of aryl methyl sites for hydroxylation is 1. The van der Waals surface area contributed by atoms with Crippen molar-refractivity contribution in [2.24, 2.45) is 0 Å². The first-order valence-corrected chi connectivity index (χ1v) is 13.7. The van der Waals surface area contributed by atoms with Crippen LogP contribution in [0.4, 0.5) is 17.2 Å². The average Bonchev–Trinajstić information content (AvgIpc) is 3.37. The summed E-state index contributed by atoms with van der Waals surface area (Å²) in [7, 11) is 3.89. The molecule has 1 unspecified atom stereocenters. The molecule has 1 atom stereocenters. The fourth-order valence-corrected chi connectivity index (χ4v) is 4.66. The molecule has 0 saturated carbocycles. The zero-order valence-electron chi connectivity index (χ0n) is 23.2. The molecule has 3 amide bonds. The van der Waals surface area contributed by atoms with Crippen molar-refractivity contribution >= 4 is 52.8 Å². The number of amides is 3. The Morgan fingerprint density at radius 2 is 1.66 bits per heavy atom. The molecule has 0 aliphatic heterocycles. The first kappa shape index (κ1) is 29.2. The standard InChI is InChI=1S/C31H31N5O4S/c1-20-17-28(35-40-20)34-29(37)21(2)41-26-12-8-11-24(19-26)32-31(39)27(33-30(38)23-9-6-5-7-10-23)18-22-13-15-25(16-14-22)36(3)4/h5-19,21H,1-4H3,(H,32,39)(H,33,38)(H,34,35,37)/b27-18+. The SMILES string of the molecule is Cc1cc(NC(=O)C(C)Sc2cccc(NC(=O)/C(=C\c3ccc(N(C)C)cc3)NC(=O)c3ccccc3)c2)no1. The zero-order chi connectivity index (χ0) is 29.4. The van der Waals surface area contributed by atoms with Crippen LogP contribution in [0.2, 0.25) is 0 Å². The number of hydrogen-bond donors (Lipinski definition) is 3. The van der Waals surface area contributed by atoms with Crippen LogP contribution < -0.4 is 20.9 Å². The van der Waals surface area contributed by atoms with Crippen molar-refractivity contribution in [3.8, 4) is 0 Å². The lowest BCUT2D eigenvalue weighted by Crippen LogP contribution is -2.30. The highest BCUT2D eigenvalue weighted by atomic mass is 32.2. The van der Waals surface area contributed by atoms with Crippen molar-refractivity contribution in [2.75, 3.05) is 29.6 Å². The first-order chi connectivity index (χ1) is 19.7. The Hall–Kier alpha value is -4.83. The molecule has 41 heavy (non-hydrogen) atoms. The van der Waals surface area contributed by atoms with Crippen LogP contribution in [-0.2, 0) is 9.59 Å². The summed E-state index contributed by atoms with van der Waals surface area (Å²) in [6, 6.07) is 25.1. The van der Waals surface area contributed by atoms with Crippen molar-refractivity contribution in [1.29, 1.82) is 0 Å². The van der Waals surface area contributed by atoms with E-state index in [1.54, 1.807) is 68.5 Å². The third kappa shape index (κ3) is 8.33. The van der Waals surface area contributed by atoms with Crippen molar-refractivity contribution in [3.63, 3.8) is 0 Å². The molecule has 9 nitrogen and oxygen atoms in total. The normalized spacial score (nSPS) is 11.9. The Kier molecular flexibility index (Phi) is 9.60. The van der Waals surface area contributed by atoms with Crippen LogP contribution in [0, 0.1) is 6.92 Å². The Bertz CT molecular complexity index is 1550. The summed E-state index contributed by atoms with van der Waals surface area (Å²) in [6.07, 6.45) is 1.63. The van der Waals surface area contributed by atoms with E-state index in [9.17, 15) is 14.4 Å². The van der Waals surface area contributed by atoms with Gasteiger partial charge in [-0.05, 0) is 68.0 Å². The fraction of sp³-hybridized carbons (Fsp3) is 0.161. The maximum atomic E-state index is 13.4. The summed E-state index contributed by atoms with van der Waals surface area (Å²) in [4.78, 5) is 41.7. The number of nitrogens with zero attached hydrogens (tertiary/aromatic N) is 2. The highest BCUT2D eigenvalue weighted by Gasteiger charge is 2.18. The van der Waals surface area contributed by atoms with Gasteiger partial charge in [0, 0.05) is 42.0 Å². The topological polar surface area (TPSA) is 117 Å². The molecule has 3 aromatic carbocycles. The molecule has 3 N–H and O–H groups in total. The van der Waals surface area contributed by atoms with Gasteiger partial charge in [0.1, 0.15) is 11.5 Å². The second kappa shape index (κ2) is 13.5. The molecule has 1 aromatic heterocycles. The molecular weight excluding hydrogens is 538 g/mol. The lowest BCUT2D eigenvalue weighted by molar-refractivity contribution is -0.115. The maximum absolute atomic E-state index is 13.4. The minimum absolute atomic E-state index is 0.0881. The highest BCUT2D eigenvalue weighted by Crippen LogP contribution is 2.27. The first-order valence-electron chi connectivity index (χ1n) is 12.9. The molecule has 10 heteroatoms. The van der Waals surface area contributed by atoms with E-state index in [1.807, 2.05) is 55.4 Å². The van der Waals surface area contributed by atoms with Gasteiger partial charge < -0.3 is 25.4 Å². The third-order valence-electron chi connectivity index (χ3n) is 5.90. The van der Waals surface area contributed by atoms with E-state index >= 15 is 0 Å². The van der Waals surface area contributed by atoms with E-state index in [-0.39, 0.29) is 11.6 Å². The molecule has 0 aliphatic rings. The third-order valence-corrected chi connectivity index (χ3v) is 7.00. The van der Waals surface area contributed by atoms with Gasteiger partial charge in [-0.15, -0.1) is 11.8 Å². The molecule has 0 fully saturated rings. The smallest absolute Gasteiger partial charge is 0.272 e. The molecule has 4 rings (SSSR count). The zero-order valence-corrected chi connectivity index (χ0v) is 24.0. The summed E-state index contributed by atoms with van der Waals surface area (Å²) in [5.41, 5.74) is 2.80. The summed E-state index contributed by atoms with van der Waals surface area (Å²) in [6.45, 7) is 3.52. The lowest BCUT2D eigenvalue weighted by Gasteiger charge is -2.14. The van der Waals surface area contributed by atoms with Crippen molar-refractivity contribution in [3.05, 3.63) is 108 Å². The number of rotatable bonds is 10. The number of hydrogen-bond acceptors (Lipinski definition) is 7. The second-order valence-corrected chi connectivity index (χ2v) is 10.8. The van der Waals surface area contributed by atoms with Gasteiger partial charge in [0.2, 0.25) is 5.91 Å². The van der Waals surface area contributed by atoms with E-state index in [0.29, 0.717) is 22.8 Å². The van der Waals surface area contributed by atoms with Crippen LogP contribution in [0.5, 0.6) is 0 Å². The predicted octanol–water partition coefficient (Wildman–Crippen LogP) is 5.58. The minimum Gasteiger partial charge on any atom is -0.378 e. The Morgan fingerprint density at radius 3 is 2.32 bits per heavy atom. The summed E-state index contributed by atoms with van der Waals surface area (Å²) < 4.78 is 4.99. The monoisotopic (exact) mass is 569 g/mol. The van der Waals surface area contributed by atoms with E-state index in [1.165, 1.54) is 11.8 Å². The Labute approximate surface area is 243 Å². The summed E-state index contributed by atoms with van der Waals surface area (Å²) in [5.74, 6) is -0.160. The van der Waals surface area contributed by atoms with Crippen LogP contribution in [0.15, 0.2) is 100 Å². The number of thioether (sulfide) groups is 1. The van der Waals surface area contributed by atoms with Crippen molar-refractivity contribution in [1.82, 2.24) is 10.5 Å². The minimum atomic E-state index is -0.486. The van der Waals surface area contributed by atoms with E-state index in [0.717, 1.165) is 16.1 Å². The van der Waals surface area contributed by atoms with Crippen molar-refractivity contribution in [2.45, 2.75) is 24.0 Å². The van der Waals surface area contributed by atoms with Gasteiger partial charge in [-0.3, -0.25) is 14.4 Å². The number of benzene rings is 3. The fourth-order valence-electron chi connectivity index (χ4n) is 3.73. The maximum Gasteiger partial charge on any atom is 0.272 e.